The van der Waals surface area contributed by atoms with Crippen LogP contribution in [0.1, 0.15) is 174 Å². The average Bonchev–Trinajstić information content (AvgIpc) is 2.97. The van der Waals surface area contributed by atoms with Crippen LogP contribution in [0.5, 0.6) is 0 Å². The second-order valence-corrected chi connectivity index (χ2v) is 12.5. The van der Waals surface area contributed by atoms with Gasteiger partial charge >= 0.3 is 11.9 Å². The maximum atomic E-state index is 13.5. The van der Waals surface area contributed by atoms with Crippen LogP contribution < -0.4 is 11.1 Å². The fourth-order valence-corrected chi connectivity index (χ4v) is 5.79. The first-order chi connectivity index (χ1) is 20.9. The predicted octanol–water partition coefficient (Wildman–Crippen LogP) is 8.06. The molecule has 8 nitrogen and oxygen atoms in total. The third-order valence-electron chi connectivity index (χ3n) is 8.53. The number of carboxylic acids is 2. The fourth-order valence-electron chi connectivity index (χ4n) is 5.79. The number of nitrogens with two attached hydrogens (primary N) is 1. The lowest BCUT2D eigenvalue weighted by Crippen LogP contribution is -2.52. The van der Waals surface area contributed by atoms with Gasteiger partial charge in [0, 0.05) is 6.42 Å². The van der Waals surface area contributed by atoms with E-state index in [9.17, 15) is 24.6 Å². The smallest absolute Gasteiger partial charge is 0.326 e. The van der Waals surface area contributed by atoms with Crippen molar-refractivity contribution >= 4 is 17.8 Å². The number of carbonyl (C=O) groups excluding carboxylic acids is 1. The molecule has 0 saturated heterocycles. The van der Waals surface area contributed by atoms with Gasteiger partial charge in [-0.05, 0) is 58.2 Å². The Kier molecular flexibility index (Phi) is 29.2. The standard InChI is InChI=1S/C35H69N3O5/c1-3-5-7-9-11-13-15-17-19-23-29-38(30-24-20-18-16-14-12-10-8-6-4-2)32(26-27-33(39)40)34(41)37-31(35(42)43)25-21-22-28-36/h31-32H,3-30,36H2,1-2H3,(H,37,41)(H,39,40)(H,42,43)/t31-,32-/m0/s1. The molecule has 1 amide bonds. The molecule has 8 heteroatoms. The van der Waals surface area contributed by atoms with Crippen molar-refractivity contribution < 1.29 is 24.6 Å². The number of amides is 1. The molecule has 254 valence electrons. The summed E-state index contributed by atoms with van der Waals surface area (Å²) in [4.78, 5) is 39.0. The molecule has 43 heavy (non-hydrogen) atoms. The van der Waals surface area contributed by atoms with Crippen LogP contribution >= 0.6 is 0 Å². The molecule has 0 aromatic heterocycles. The van der Waals surface area contributed by atoms with Crippen LogP contribution in [0.4, 0.5) is 0 Å². The van der Waals surface area contributed by atoms with Crippen LogP contribution in [-0.4, -0.2) is 64.7 Å². The minimum Gasteiger partial charge on any atom is -0.481 e. The molecule has 5 N–H and O–H groups in total. The lowest BCUT2D eigenvalue weighted by molar-refractivity contribution is -0.143. The van der Waals surface area contributed by atoms with E-state index in [-0.39, 0.29) is 18.7 Å². The fraction of sp³-hybridized carbons (Fsp3) is 0.914. The van der Waals surface area contributed by atoms with Gasteiger partial charge in [-0.25, -0.2) is 4.79 Å². The molecule has 0 aromatic carbocycles. The molecule has 0 heterocycles. The van der Waals surface area contributed by atoms with Crippen molar-refractivity contribution in [2.45, 2.75) is 186 Å². The van der Waals surface area contributed by atoms with Gasteiger partial charge in [0.2, 0.25) is 5.91 Å². The molecule has 0 fully saturated rings. The topological polar surface area (TPSA) is 133 Å². The summed E-state index contributed by atoms with van der Waals surface area (Å²) in [5, 5.41) is 21.9. The Bertz CT molecular complexity index is 652. The second kappa shape index (κ2) is 30.4. The van der Waals surface area contributed by atoms with Crippen molar-refractivity contribution in [2.24, 2.45) is 5.73 Å². The van der Waals surface area contributed by atoms with Crippen LogP contribution in [0.25, 0.3) is 0 Å². The van der Waals surface area contributed by atoms with Gasteiger partial charge in [-0.1, -0.05) is 129 Å². The summed E-state index contributed by atoms with van der Waals surface area (Å²) in [6, 6.07) is -1.62. The maximum Gasteiger partial charge on any atom is 0.326 e. The molecule has 0 radical (unpaired) electrons. The molecule has 0 rings (SSSR count). The summed E-state index contributed by atoms with van der Waals surface area (Å²) in [7, 11) is 0. The van der Waals surface area contributed by atoms with Crippen molar-refractivity contribution in [3.8, 4) is 0 Å². The molecule has 0 aliphatic rings. The molecule has 0 aliphatic carbocycles. The third-order valence-corrected chi connectivity index (χ3v) is 8.53. The highest BCUT2D eigenvalue weighted by molar-refractivity contribution is 5.87. The Labute approximate surface area is 264 Å². The minimum absolute atomic E-state index is 0.116. The van der Waals surface area contributed by atoms with Crippen LogP contribution in [0, 0.1) is 0 Å². The van der Waals surface area contributed by atoms with Gasteiger partial charge in [0.1, 0.15) is 6.04 Å². The third kappa shape index (κ3) is 25.4. The number of hydrogen-bond donors (Lipinski definition) is 4. The number of carboxylic acid groups (broad SMARTS) is 2. The molecule has 2 atom stereocenters. The summed E-state index contributed by atoms with van der Waals surface area (Å²) in [6.07, 6.45) is 26.3. The van der Waals surface area contributed by atoms with Crippen LogP contribution in [0.3, 0.4) is 0 Å². The molecule has 0 unspecified atom stereocenters. The van der Waals surface area contributed by atoms with Gasteiger partial charge in [0.05, 0.1) is 6.04 Å². The van der Waals surface area contributed by atoms with E-state index < -0.39 is 24.0 Å². The van der Waals surface area contributed by atoms with Gasteiger partial charge in [-0.2, -0.15) is 0 Å². The number of carbonyl (C=O) groups is 3. The van der Waals surface area contributed by atoms with Crippen LogP contribution in [0.2, 0.25) is 0 Å². The molecule has 0 spiro atoms. The zero-order valence-corrected chi connectivity index (χ0v) is 28.1. The summed E-state index contributed by atoms with van der Waals surface area (Å²) in [6.45, 7) is 6.42. The van der Waals surface area contributed by atoms with E-state index in [1.807, 2.05) is 0 Å². The van der Waals surface area contributed by atoms with Crippen molar-refractivity contribution in [1.82, 2.24) is 10.2 Å². The monoisotopic (exact) mass is 612 g/mol. The minimum atomic E-state index is -1.06. The predicted molar refractivity (Wildman–Crippen MR) is 178 cm³/mol. The normalized spacial score (nSPS) is 12.8. The first-order valence-electron chi connectivity index (χ1n) is 18.1. The molecular weight excluding hydrogens is 542 g/mol. The Morgan fingerprint density at radius 2 is 1.02 bits per heavy atom. The largest absolute Gasteiger partial charge is 0.481 e. The van der Waals surface area contributed by atoms with Gasteiger partial charge < -0.3 is 21.3 Å². The number of unbranched alkanes of at least 4 members (excludes halogenated alkanes) is 19. The highest BCUT2D eigenvalue weighted by atomic mass is 16.4. The lowest BCUT2D eigenvalue weighted by Gasteiger charge is -2.32. The van der Waals surface area contributed by atoms with Gasteiger partial charge in [0.15, 0.2) is 0 Å². The van der Waals surface area contributed by atoms with E-state index in [1.54, 1.807) is 0 Å². The maximum absolute atomic E-state index is 13.5. The van der Waals surface area contributed by atoms with E-state index in [1.165, 1.54) is 103 Å². The first kappa shape index (κ1) is 41.3. The van der Waals surface area contributed by atoms with E-state index in [2.05, 4.69) is 24.1 Å². The van der Waals surface area contributed by atoms with Crippen molar-refractivity contribution in [2.75, 3.05) is 19.6 Å². The summed E-state index contributed by atoms with van der Waals surface area (Å²) in [5.74, 6) is -2.35. The van der Waals surface area contributed by atoms with E-state index in [0.717, 1.165) is 38.8 Å². The number of rotatable bonds is 33. The van der Waals surface area contributed by atoms with Crippen molar-refractivity contribution in [3.05, 3.63) is 0 Å². The highest BCUT2D eigenvalue weighted by Crippen LogP contribution is 2.17. The number of hydrogen-bond acceptors (Lipinski definition) is 5. The number of nitrogens with zero attached hydrogens (tertiary/aromatic N) is 1. The number of aliphatic carboxylic acids is 2. The zero-order valence-electron chi connectivity index (χ0n) is 28.1. The highest BCUT2D eigenvalue weighted by Gasteiger charge is 2.29. The molecule has 0 bridgehead atoms. The number of nitrogens with one attached hydrogen (secondary N) is 1. The van der Waals surface area contributed by atoms with Crippen molar-refractivity contribution in [3.63, 3.8) is 0 Å². The quantitative estimate of drug-likeness (QED) is 0.0552. The van der Waals surface area contributed by atoms with E-state index >= 15 is 0 Å². The average molecular weight is 612 g/mol. The molecule has 0 aliphatic heterocycles. The Morgan fingerprint density at radius 3 is 1.40 bits per heavy atom. The Morgan fingerprint density at radius 1 is 0.605 bits per heavy atom. The molecule has 0 saturated carbocycles. The summed E-state index contributed by atoms with van der Waals surface area (Å²) < 4.78 is 0. The summed E-state index contributed by atoms with van der Waals surface area (Å²) in [5.41, 5.74) is 5.57. The second-order valence-electron chi connectivity index (χ2n) is 12.5. The van der Waals surface area contributed by atoms with Crippen molar-refractivity contribution in [1.29, 1.82) is 0 Å². The van der Waals surface area contributed by atoms with Gasteiger partial charge in [0.25, 0.3) is 0 Å². The first-order valence-corrected chi connectivity index (χ1v) is 18.1. The van der Waals surface area contributed by atoms with E-state index in [0.29, 0.717) is 25.8 Å². The van der Waals surface area contributed by atoms with Crippen LogP contribution in [0.15, 0.2) is 0 Å². The van der Waals surface area contributed by atoms with Gasteiger partial charge in [-0.15, -0.1) is 0 Å². The van der Waals surface area contributed by atoms with Gasteiger partial charge in [-0.3, -0.25) is 14.5 Å². The lowest BCUT2D eigenvalue weighted by atomic mass is 10.0. The van der Waals surface area contributed by atoms with Crippen LogP contribution in [-0.2, 0) is 14.4 Å². The van der Waals surface area contributed by atoms with E-state index in [4.69, 9.17) is 5.73 Å². The Hall–Kier alpha value is -1.67. The molecule has 0 aromatic rings. The Balaban J connectivity index is 5.08. The SMILES string of the molecule is CCCCCCCCCCCCN(CCCCCCCCCCCC)[C@@H](CCC(=O)O)C(=O)N[C@@H](CCCCN)C(=O)O. The zero-order chi connectivity index (χ0) is 32.0. The molecular formula is C35H69N3O5. The summed E-state index contributed by atoms with van der Waals surface area (Å²) >= 11 is 0.